The number of hydrogen-bond donors (Lipinski definition) is 0. The van der Waals surface area contributed by atoms with Gasteiger partial charge in [0.05, 0.1) is 18.4 Å². The first-order chi connectivity index (χ1) is 12.9. The SMILES string of the molecule is COC(=O)c1ccc(N=Cc2cc(C)n(-c3ccc(C)c(C)c3)c2C)cc1. The van der Waals surface area contributed by atoms with Gasteiger partial charge in [-0.3, -0.25) is 4.99 Å². The fourth-order valence-corrected chi connectivity index (χ4v) is 3.13. The van der Waals surface area contributed by atoms with Crippen molar-refractivity contribution in [2.45, 2.75) is 27.7 Å². The molecule has 0 aliphatic rings. The lowest BCUT2D eigenvalue weighted by atomic mass is 10.1. The lowest BCUT2D eigenvalue weighted by Crippen LogP contribution is -2.00. The minimum atomic E-state index is -0.345. The smallest absolute Gasteiger partial charge is 0.337 e. The molecule has 138 valence electrons. The van der Waals surface area contributed by atoms with Crippen LogP contribution >= 0.6 is 0 Å². The van der Waals surface area contributed by atoms with Crippen molar-refractivity contribution in [3.63, 3.8) is 0 Å². The first-order valence-corrected chi connectivity index (χ1v) is 8.89. The molecule has 0 bridgehead atoms. The van der Waals surface area contributed by atoms with Crippen molar-refractivity contribution in [3.05, 3.63) is 82.2 Å². The Balaban J connectivity index is 1.89. The summed E-state index contributed by atoms with van der Waals surface area (Å²) in [6, 6.07) is 15.7. The molecule has 0 fully saturated rings. The molecule has 1 aromatic heterocycles. The van der Waals surface area contributed by atoms with E-state index in [-0.39, 0.29) is 5.97 Å². The summed E-state index contributed by atoms with van der Waals surface area (Å²) in [4.78, 5) is 16.1. The summed E-state index contributed by atoms with van der Waals surface area (Å²) in [5.74, 6) is -0.345. The Hall–Kier alpha value is -3.14. The minimum Gasteiger partial charge on any atom is -0.465 e. The number of aryl methyl sites for hydroxylation is 3. The Morgan fingerprint density at radius 2 is 1.67 bits per heavy atom. The lowest BCUT2D eigenvalue weighted by molar-refractivity contribution is 0.0601. The van der Waals surface area contributed by atoms with Gasteiger partial charge in [0.15, 0.2) is 0 Å². The molecular formula is C23H24N2O2. The number of aliphatic imine (C=N–C) groups is 1. The topological polar surface area (TPSA) is 43.6 Å². The van der Waals surface area contributed by atoms with Crippen molar-refractivity contribution < 1.29 is 9.53 Å². The number of nitrogens with zero attached hydrogens (tertiary/aromatic N) is 2. The van der Waals surface area contributed by atoms with Crippen LogP contribution in [0.1, 0.15) is 38.4 Å². The zero-order valence-corrected chi connectivity index (χ0v) is 16.4. The van der Waals surface area contributed by atoms with E-state index in [0.717, 1.165) is 22.6 Å². The Kier molecular flexibility index (Phi) is 5.26. The highest BCUT2D eigenvalue weighted by molar-refractivity contribution is 5.90. The van der Waals surface area contributed by atoms with Crippen LogP contribution in [0.5, 0.6) is 0 Å². The number of ether oxygens (including phenoxy) is 1. The van der Waals surface area contributed by atoms with Gasteiger partial charge in [0.2, 0.25) is 0 Å². The number of esters is 1. The van der Waals surface area contributed by atoms with Crippen LogP contribution < -0.4 is 0 Å². The van der Waals surface area contributed by atoms with Crippen molar-refractivity contribution in [3.8, 4) is 5.69 Å². The molecule has 0 atom stereocenters. The maximum atomic E-state index is 11.5. The summed E-state index contributed by atoms with van der Waals surface area (Å²) in [7, 11) is 1.37. The molecule has 0 radical (unpaired) electrons. The van der Waals surface area contributed by atoms with Gasteiger partial charge in [-0.05, 0) is 81.3 Å². The first kappa shape index (κ1) is 18.6. The molecular weight excluding hydrogens is 336 g/mol. The van der Waals surface area contributed by atoms with Gasteiger partial charge in [-0.2, -0.15) is 0 Å². The van der Waals surface area contributed by atoms with E-state index in [1.165, 1.54) is 23.9 Å². The molecule has 0 spiro atoms. The number of carbonyl (C=O) groups excluding carboxylic acids is 1. The van der Waals surface area contributed by atoms with E-state index in [2.05, 4.69) is 61.5 Å². The van der Waals surface area contributed by atoms with Gasteiger partial charge in [0.25, 0.3) is 0 Å². The maximum absolute atomic E-state index is 11.5. The van der Waals surface area contributed by atoms with Gasteiger partial charge in [-0.25, -0.2) is 4.79 Å². The Morgan fingerprint density at radius 3 is 2.30 bits per heavy atom. The molecule has 0 aliphatic heterocycles. The van der Waals surface area contributed by atoms with E-state index < -0.39 is 0 Å². The number of rotatable bonds is 4. The van der Waals surface area contributed by atoms with Crippen molar-refractivity contribution in [1.29, 1.82) is 0 Å². The van der Waals surface area contributed by atoms with E-state index >= 15 is 0 Å². The Morgan fingerprint density at radius 1 is 0.963 bits per heavy atom. The van der Waals surface area contributed by atoms with Crippen molar-refractivity contribution in [2.75, 3.05) is 7.11 Å². The van der Waals surface area contributed by atoms with Gasteiger partial charge in [-0.1, -0.05) is 6.07 Å². The van der Waals surface area contributed by atoms with E-state index in [1.807, 2.05) is 18.3 Å². The molecule has 4 heteroatoms. The molecule has 2 aromatic carbocycles. The second-order valence-corrected chi connectivity index (χ2v) is 6.73. The summed E-state index contributed by atoms with van der Waals surface area (Å²) < 4.78 is 6.96. The van der Waals surface area contributed by atoms with Crippen LogP contribution in [-0.4, -0.2) is 23.9 Å². The summed E-state index contributed by atoms with van der Waals surface area (Å²) in [6.45, 7) is 8.46. The molecule has 3 aromatic rings. The largest absolute Gasteiger partial charge is 0.465 e. The summed E-state index contributed by atoms with van der Waals surface area (Å²) >= 11 is 0. The maximum Gasteiger partial charge on any atom is 0.337 e. The van der Waals surface area contributed by atoms with Gasteiger partial charge in [-0.15, -0.1) is 0 Å². The third-order valence-corrected chi connectivity index (χ3v) is 4.86. The zero-order valence-electron chi connectivity index (χ0n) is 16.4. The number of benzene rings is 2. The van der Waals surface area contributed by atoms with Crippen LogP contribution in [0.4, 0.5) is 5.69 Å². The second-order valence-electron chi connectivity index (χ2n) is 6.73. The van der Waals surface area contributed by atoms with Gasteiger partial charge < -0.3 is 9.30 Å². The predicted octanol–water partition coefficient (Wildman–Crippen LogP) is 5.25. The number of aromatic nitrogens is 1. The fraction of sp³-hybridized carbons (Fsp3) is 0.217. The summed E-state index contributed by atoms with van der Waals surface area (Å²) in [5.41, 5.74) is 8.42. The lowest BCUT2D eigenvalue weighted by Gasteiger charge is -2.11. The van der Waals surface area contributed by atoms with Crippen molar-refractivity contribution >= 4 is 17.9 Å². The predicted molar refractivity (Wildman–Crippen MR) is 110 cm³/mol. The molecule has 0 saturated heterocycles. The molecule has 1 heterocycles. The number of carbonyl (C=O) groups is 1. The van der Waals surface area contributed by atoms with Gasteiger partial charge in [0.1, 0.15) is 0 Å². The number of hydrogen-bond acceptors (Lipinski definition) is 3. The fourth-order valence-electron chi connectivity index (χ4n) is 3.13. The Bertz CT molecular complexity index is 1010. The molecule has 0 unspecified atom stereocenters. The van der Waals surface area contributed by atoms with Crippen LogP contribution in [0.3, 0.4) is 0 Å². The highest BCUT2D eigenvalue weighted by Gasteiger charge is 2.10. The normalized spacial score (nSPS) is 11.1. The third kappa shape index (κ3) is 3.85. The Labute approximate surface area is 160 Å². The van der Waals surface area contributed by atoms with Gasteiger partial charge in [0, 0.05) is 28.9 Å². The van der Waals surface area contributed by atoms with E-state index in [1.54, 1.807) is 12.1 Å². The molecule has 0 aliphatic carbocycles. The summed E-state index contributed by atoms with van der Waals surface area (Å²) in [6.07, 6.45) is 1.87. The van der Waals surface area contributed by atoms with E-state index in [0.29, 0.717) is 5.56 Å². The molecule has 0 amide bonds. The van der Waals surface area contributed by atoms with Crippen LogP contribution in [0.25, 0.3) is 5.69 Å². The monoisotopic (exact) mass is 360 g/mol. The standard InChI is InChI=1S/C23H24N2O2/c1-15-6-11-22(12-16(15)2)25-17(3)13-20(18(25)4)14-24-21-9-7-19(8-10-21)23(26)27-5/h6-14H,1-5H3. The highest BCUT2D eigenvalue weighted by atomic mass is 16.5. The first-order valence-electron chi connectivity index (χ1n) is 8.89. The summed E-state index contributed by atoms with van der Waals surface area (Å²) in [5, 5.41) is 0. The average Bonchev–Trinajstić information content (AvgIpc) is 2.95. The minimum absolute atomic E-state index is 0.345. The molecule has 0 N–H and O–H groups in total. The van der Waals surface area contributed by atoms with Crippen LogP contribution in [-0.2, 0) is 4.74 Å². The third-order valence-electron chi connectivity index (χ3n) is 4.86. The quantitative estimate of drug-likeness (QED) is 0.471. The number of methoxy groups -OCH3 is 1. The van der Waals surface area contributed by atoms with Crippen molar-refractivity contribution in [2.24, 2.45) is 4.99 Å². The molecule has 0 saturated carbocycles. The highest BCUT2D eigenvalue weighted by Crippen LogP contribution is 2.22. The van der Waals surface area contributed by atoms with Crippen molar-refractivity contribution in [1.82, 2.24) is 4.57 Å². The molecule has 27 heavy (non-hydrogen) atoms. The van der Waals surface area contributed by atoms with Crippen LogP contribution in [0, 0.1) is 27.7 Å². The van der Waals surface area contributed by atoms with E-state index in [9.17, 15) is 4.79 Å². The molecule has 4 nitrogen and oxygen atoms in total. The second kappa shape index (κ2) is 7.62. The van der Waals surface area contributed by atoms with Crippen LogP contribution in [0.15, 0.2) is 53.5 Å². The average molecular weight is 360 g/mol. The van der Waals surface area contributed by atoms with Gasteiger partial charge >= 0.3 is 5.97 Å². The van der Waals surface area contributed by atoms with Crippen LogP contribution in [0.2, 0.25) is 0 Å². The van der Waals surface area contributed by atoms with E-state index in [4.69, 9.17) is 4.74 Å². The zero-order chi connectivity index (χ0) is 19.6. The molecule has 3 rings (SSSR count).